The van der Waals surface area contributed by atoms with Gasteiger partial charge < -0.3 is 13.8 Å². The average Bonchev–Trinajstić information content (AvgIpc) is 3.03. The highest BCUT2D eigenvalue weighted by Crippen LogP contribution is 2.47. The normalized spacial score (nSPS) is 26.1. The molecule has 0 N–H and O–H groups in total. The number of carbonyl (C=O) groups excluding carboxylic acids is 1. The SMILES string of the molecule is Cc1cc([C@@H]2CCCN2C(=O)CCc2ccc([C@@H]3C[C@@H]3C)o2)on1. The third-order valence-corrected chi connectivity index (χ3v) is 5.29. The zero-order chi connectivity index (χ0) is 16.7. The third kappa shape index (κ3) is 2.99. The molecule has 24 heavy (non-hydrogen) atoms. The number of hydrogen-bond donors (Lipinski definition) is 0. The number of carbonyl (C=O) groups is 1. The molecule has 1 saturated carbocycles. The van der Waals surface area contributed by atoms with E-state index in [9.17, 15) is 4.79 Å². The summed E-state index contributed by atoms with van der Waals surface area (Å²) in [5.41, 5.74) is 0.863. The van der Waals surface area contributed by atoms with Crippen LogP contribution in [0.2, 0.25) is 0 Å². The smallest absolute Gasteiger partial charge is 0.223 e. The van der Waals surface area contributed by atoms with Crippen LogP contribution in [0.5, 0.6) is 0 Å². The fraction of sp³-hybridized carbons (Fsp3) is 0.579. The Labute approximate surface area is 142 Å². The molecule has 1 aliphatic heterocycles. The lowest BCUT2D eigenvalue weighted by molar-refractivity contribution is -0.132. The summed E-state index contributed by atoms with van der Waals surface area (Å²) in [5, 5.41) is 3.95. The molecule has 0 aromatic carbocycles. The van der Waals surface area contributed by atoms with E-state index in [1.54, 1.807) is 0 Å². The van der Waals surface area contributed by atoms with Gasteiger partial charge in [-0.1, -0.05) is 12.1 Å². The Kier molecular flexibility index (Phi) is 3.94. The van der Waals surface area contributed by atoms with E-state index in [0.717, 1.165) is 48.3 Å². The Bertz CT molecular complexity index is 733. The Morgan fingerprint density at radius 2 is 2.21 bits per heavy atom. The van der Waals surface area contributed by atoms with E-state index in [0.29, 0.717) is 18.8 Å². The van der Waals surface area contributed by atoms with Gasteiger partial charge in [-0.15, -0.1) is 0 Å². The third-order valence-electron chi connectivity index (χ3n) is 5.29. The van der Waals surface area contributed by atoms with Crippen LogP contribution >= 0.6 is 0 Å². The predicted molar refractivity (Wildman–Crippen MR) is 88.5 cm³/mol. The average molecular weight is 328 g/mol. The van der Waals surface area contributed by atoms with Gasteiger partial charge in [-0.05, 0) is 44.2 Å². The van der Waals surface area contributed by atoms with E-state index in [-0.39, 0.29) is 11.9 Å². The minimum atomic E-state index is 0.0400. The van der Waals surface area contributed by atoms with Gasteiger partial charge in [-0.3, -0.25) is 4.79 Å². The Morgan fingerprint density at radius 3 is 2.92 bits per heavy atom. The summed E-state index contributed by atoms with van der Waals surface area (Å²) in [7, 11) is 0. The standard InChI is InChI=1S/C19H24N2O3/c1-12-10-15(12)17-7-5-14(23-17)6-8-19(22)21-9-3-4-16(21)18-11-13(2)20-24-18/h5,7,11-12,15-16H,3-4,6,8-10H2,1-2H3/t12-,15+,16-/m0/s1. The summed E-state index contributed by atoms with van der Waals surface area (Å²) in [5.74, 6) is 4.31. The number of rotatable bonds is 5. The van der Waals surface area contributed by atoms with E-state index in [1.165, 1.54) is 6.42 Å². The maximum atomic E-state index is 12.6. The van der Waals surface area contributed by atoms with Crippen LogP contribution in [0.25, 0.3) is 0 Å². The van der Waals surface area contributed by atoms with Crippen molar-refractivity contribution in [2.24, 2.45) is 5.92 Å². The monoisotopic (exact) mass is 328 g/mol. The minimum absolute atomic E-state index is 0.0400. The van der Waals surface area contributed by atoms with Gasteiger partial charge in [0.1, 0.15) is 11.5 Å². The quantitative estimate of drug-likeness (QED) is 0.832. The van der Waals surface area contributed by atoms with Gasteiger partial charge in [-0.25, -0.2) is 0 Å². The van der Waals surface area contributed by atoms with E-state index < -0.39 is 0 Å². The Morgan fingerprint density at radius 1 is 1.38 bits per heavy atom. The zero-order valence-corrected chi connectivity index (χ0v) is 14.3. The molecule has 4 rings (SSSR count). The van der Waals surface area contributed by atoms with Crippen LogP contribution in [0.3, 0.4) is 0 Å². The lowest BCUT2D eigenvalue weighted by Gasteiger charge is -2.22. The van der Waals surface area contributed by atoms with E-state index >= 15 is 0 Å². The molecule has 0 unspecified atom stereocenters. The maximum absolute atomic E-state index is 12.6. The number of nitrogens with zero attached hydrogens (tertiary/aromatic N) is 2. The lowest BCUT2D eigenvalue weighted by Crippen LogP contribution is -2.30. The van der Waals surface area contributed by atoms with Crippen LogP contribution in [-0.4, -0.2) is 22.5 Å². The van der Waals surface area contributed by atoms with Gasteiger partial charge in [-0.2, -0.15) is 0 Å². The van der Waals surface area contributed by atoms with Crippen molar-refractivity contribution in [2.75, 3.05) is 6.54 Å². The van der Waals surface area contributed by atoms with Crippen molar-refractivity contribution in [3.8, 4) is 0 Å². The molecule has 2 aliphatic rings. The number of amides is 1. The summed E-state index contributed by atoms with van der Waals surface area (Å²) < 4.78 is 11.3. The summed E-state index contributed by atoms with van der Waals surface area (Å²) in [4.78, 5) is 14.6. The molecule has 1 saturated heterocycles. The first-order valence-corrected chi connectivity index (χ1v) is 8.93. The second kappa shape index (κ2) is 6.11. The van der Waals surface area contributed by atoms with Crippen LogP contribution in [0.15, 0.2) is 27.1 Å². The highest BCUT2D eigenvalue weighted by molar-refractivity contribution is 5.77. The number of furan rings is 1. The first-order chi connectivity index (χ1) is 11.6. The zero-order valence-electron chi connectivity index (χ0n) is 14.3. The topological polar surface area (TPSA) is 59.5 Å². The van der Waals surface area contributed by atoms with E-state index in [4.69, 9.17) is 8.94 Å². The molecule has 2 fully saturated rings. The molecule has 5 heteroatoms. The van der Waals surface area contributed by atoms with Crippen molar-refractivity contribution in [3.05, 3.63) is 41.2 Å². The highest BCUT2D eigenvalue weighted by atomic mass is 16.5. The molecule has 2 aromatic heterocycles. The molecule has 5 nitrogen and oxygen atoms in total. The second-order valence-corrected chi connectivity index (χ2v) is 7.24. The fourth-order valence-corrected chi connectivity index (χ4v) is 3.72. The van der Waals surface area contributed by atoms with Crippen LogP contribution in [0.1, 0.15) is 67.5 Å². The molecule has 3 atom stereocenters. The molecule has 128 valence electrons. The van der Waals surface area contributed by atoms with Crippen molar-refractivity contribution in [2.45, 2.75) is 57.9 Å². The molecule has 0 bridgehead atoms. The molecule has 1 amide bonds. The van der Waals surface area contributed by atoms with Gasteiger partial charge in [0, 0.05) is 31.4 Å². The van der Waals surface area contributed by atoms with Crippen molar-refractivity contribution < 1.29 is 13.7 Å². The van der Waals surface area contributed by atoms with Crippen LogP contribution in [0, 0.1) is 12.8 Å². The van der Waals surface area contributed by atoms with Crippen LogP contribution < -0.4 is 0 Å². The molecule has 0 spiro atoms. The molecule has 2 aromatic rings. The van der Waals surface area contributed by atoms with Gasteiger partial charge >= 0.3 is 0 Å². The summed E-state index contributed by atoms with van der Waals surface area (Å²) in [6, 6.07) is 6.07. The Hall–Kier alpha value is -2.04. The van der Waals surface area contributed by atoms with Gasteiger partial charge in [0.05, 0.1) is 11.7 Å². The minimum Gasteiger partial charge on any atom is -0.466 e. The molecule has 0 radical (unpaired) electrons. The fourth-order valence-electron chi connectivity index (χ4n) is 3.72. The number of aryl methyl sites for hydroxylation is 2. The van der Waals surface area contributed by atoms with Crippen molar-refractivity contribution >= 4 is 5.91 Å². The number of likely N-dealkylation sites (tertiary alicyclic amines) is 1. The summed E-state index contributed by atoms with van der Waals surface area (Å²) in [6.07, 6.45) is 4.33. The highest BCUT2D eigenvalue weighted by Gasteiger charge is 2.36. The van der Waals surface area contributed by atoms with E-state index in [1.807, 2.05) is 24.0 Å². The van der Waals surface area contributed by atoms with Gasteiger partial charge in [0.15, 0.2) is 5.76 Å². The van der Waals surface area contributed by atoms with E-state index in [2.05, 4.69) is 18.1 Å². The number of aromatic nitrogens is 1. The summed E-state index contributed by atoms with van der Waals surface area (Å²) in [6.45, 7) is 4.95. The molecule has 1 aliphatic carbocycles. The first-order valence-electron chi connectivity index (χ1n) is 8.93. The largest absolute Gasteiger partial charge is 0.466 e. The van der Waals surface area contributed by atoms with Crippen molar-refractivity contribution in [1.29, 1.82) is 0 Å². The molecule has 3 heterocycles. The van der Waals surface area contributed by atoms with Gasteiger partial charge in [0.2, 0.25) is 5.91 Å². The van der Waals surface area contributed by atoms with Crippen molar-refractivity contribution in [3.63, 3.8) is 0 Å². The second-order valence-electron chi connectivity index (χ2n) is 7.24. The van der Waals surface area contributed by atoms with Crippen LogP contribution in [-0.2, 0) is 11.2 Å². The van der Waals surface area contributed by atoms with Crippen LogP contribution in [0.4, 0.5) is 0 Å². The maximum Gasteiger partial charge on any atom is 0.223 e. The molecular weight excluding hydrogens is 304 g/mol. The Balaban J connectivity index is 1.36. The lowest BCUT2D eigenvalue weighted by atomic mass is 10.1. The first kappa shape index (κ1) is 15.5. The predicted octanol–water partition coefficient (Wildman–Crippen LogP) is 4.00. The van der Waals surface area contributed by atoms with Gasteiger partial charge in [0.25, 0.3) is 0 Å². The number of hydrogen-bond acceptors (Lipinski definition) is 4. The molecular formula is C19H24N2O3. The van der Waals surface area contributed by atoms with Crippen molar-refractivity contribution in [1.82, 2.24) is 10.1 Å². The summed E-state index contributed by atoms with van der Waals surface area (Å²) >= 11 is 0.